The molecule has 0 unspecified atom stereocenters. The van der Waals surface area contributed by atoms with E-state index in [-0.39, 0.29) is 17.0 Å². The maximum absolute atomic E-state index is 12.5. The van der Waals surface area contributed by atoms with E-state index in [1.54, 1.807) is 30.3 Å². The van der Waals surface area contributed by atoms with Gasteiger partial charge >= 0.3 is 0 Å². The van der Waals surface area contributed by atoms with Crippen LogP contribution in [-0.4, -0.2) is 25.7 Å². The van der Waals surface area contributed by atoms with Crippen molar-refractivity contribution >= 4 is 27.5 Å². The highest BCUT2D eigenvalue weighted by atomic mass is 35.5. The van der Waals surface area contributed by atoms with Crippen molar-refractivity contribution in [2.75, 3.05) is 7.11 Å². The minimum Gasteiger partial charge on any atom is -0.496 e. The van der Waals surface area contributed by atoms with Crippen LogP contribution < -0.4 is 4.74 Å². The summed E-state index contributed by atoms with van der Waals surface area (Å²) in [5, 5.41) is 0.442. The number of rotatable bonds is 3. The average molecular weight is 338 g/mol. The second-order valence-corrected chi connectivity index (χ2v) is 7.04. The second-order valence-electron chi connectivity index (χ2n) is 4.77. The highest BCUT2D eigenvalue weighted by Gasteiger charge is 2.41. The molecule has 1 heterocycles. The smallest absolute Gasteiger partial charge is 0.269 e. The van der Waals surface area contributed by atoms with E-state index in [4.69, 9.17) is 16.3 Å². The molecule has 1 aliphatic heterocycles. The first-order valence-electron chi connectivity index (χ1n) is 6.43. The van der Waals surface area contributed by atoms with Crippen LogP contribution in [0.1, 0.15) is 15.9 Å². The number of benzene rings is 2. The topological polar surface area (TPSA) is 63.7 Å². The van der Waals surface area contributed by atoms with Crippen LogP contribution in [-0.2, 0) is 16.6 Å². The Morgan fingerprint density at radius 1 is 1.18 bits per heavy atom. The number of sulfonamides is 1. The quantitative estimate of drug-likeness (QED) is 0.863. The molecule has 1 aliphatic rings. The van der Waals surface area contributed by atoms with Crippen molar-refractivity contribution in [1.29, 1.82) is 0 Å². The highest BCUT2D eigenvalue weighted by Crippen LogP contribution is 2.33. The van der Waals surface area contributed by atoms with Crippen LogP contribution in [0.2, 0.25) is 5.02 Å². The van der Waals surface area contributed by atoms with Gasteiger partial charge in [0.2, 0.25) is 0 Å². The third-order valence-electron chi connectivity index (χ3n) is 3.47. The number of nitrogens with zero attached hydrogens (tertiary/aromatic N) is 1. The number of hydrogen-bond donors (Lipinski definition) is 0. The SMILES string of the molecule is COc1ccc(Cl)cc1CN1C(=O)c2ccccc2S1(=O)=O. The van der Waals surface area contributed by atoms with Crippen LogP contribution >= 0.6 is 11.6 Å². The van der Waals surface area contributed by atoms with Crippen LogP contribution in [0.25, 0.3) is 0 Å². The van der Waals surface area contributed by atoms with E-state index in [1.807, 2.05) is 0 Å². The van der Waals surface area contributed by atoms with E-state index < -0.39 is 15.9 Å². The zero-order chi connectivity index (χ0) is 15.9. The lowest BCUT2D eigenvalue weighted by molar-refractivity contribution is 0.0864. The Hall–Kier alpha value is -2.05. The molecule has 0 saturated heterocycles. The molecule has 1 amide bonds. The molecule has 0 bridgehead atoms. The van der Waals surface area contributed by atoms with Gasteiger partial charge in [-0.05, 0) is 30.3 Å². The molecular formula is C15H12ClNO4S. The summed E-state index contributed by atoms with van der Waals surface area (Å²) in [6, 6.07) is 11.0. The number of carbonyl (C=O) groups excluding carboxylic acids is 1. The molecule has 0 aromatic heterocycles. The van der Waals surface area contributed by atoms with Gasteiger partial charge in [0.15, 0.2) is 0 Å². The van der Waals surface area contributed by atoms with Gasteiger partial charge in [-0.3, -0.25) is 4.79 Å². The van der Waals surface area contributed by atoms with Crippen molar-refractivity contribution in [2.24, 2.45) is 0 Å². The van der Waals surface area contributed by atoms with Gasteiger partial charge in [-0.25, -0.2) is 12.7 Å². The predicted molar refractivity (Wildman–Crippen MR) is 81.5 cm³/mol. The minimum atomic E-state index is -3.85. The van der Waals surface area contributed by atoms with Gasteiger partial charge in [-0.15, -0.1) is 0 Å². The number of fused-ring (bicyclic) bond motifs is 1. The molecule has 0 radical (unpaired) electrons. The maximum atomic E-state index is 12.5. The second kappa shape index (κ2) is 5.30. The van der Waals surface area contributed by atoms with Gasteiger partial charge in [0.1, 0.15) is 10.6 Å². The lowest BCUT2D eigenvalue weighted by Gasteiger charge is -2.17. The number of hydrogen-bond acceptors (Lipinski definition) is 4. The first-order chi connectivity index (χ1) is 10.4. The van der Waals surface area contributed by atoms with Crippen LogP contribution in [0, 0.1) is 0 Å². The first kappa shape index (κ1) is 14.9. The normalized spacial score (nSPS) is 15.7. The molecule has 22 heavy (non-hydrogen) atoms. The monoisotopic (exact) mass is 337 g/mol. The highest BCUT2D eigenvalue weighted by molar-refractivity contribution is 7.90. The number of carbonyl (C=O) groups is 1. The zero-order valence-electron chi connectivity index (χ0n) is 11.6. The van der Waals surface area contributed by atoms with Crippen molar-refractivity contribution in [1.82, 2.24) is 4.31 Å². The minimum absolute atomic E-state index is 0.0287. The Morgan fingerprint density at radius 3 is 2.59 bits per heavy atom. The van der Waals surface area contributed by atoms with Crippen LogP contribution in [0.4, 0.5) is 0 Å². The van der Waals surface area contributed by atoms with E-state index in [2.05, 4.69) is 0 Å². The van der Waals surface area contributed by atoms with Crippen molar-refractivity contribution < 1.29 is 17.9 Å². The summed E-state index contributed by atoms with van der Waals surface area (Å²) in [7, 11) is -2.37. The molecule has 5 nitrogen and oxygen atoms in total. The largest absolute Gasteiger partial charge is 0.496 e. The van der Waals surface area contributed by atoms with Crippen LogP contribution in [0.15, 0.2) is 47.4 Å². The number of ether oxygens (including phenoxy) is 1. The lowest BCUT2D eigenvalue weighted by atomic mass is 10.1. The maximum Gasteiger partial charge on any atom is 0.269 e. The van der Waals surface area contributed by atoms with Gasteiger partial charge in [-0.1, -0.05) is 23.7 Å². The molecule has 114 valence electrons. The van der Waals surface area contributed by atoms with Crippen molar-refractivity contribution in [3.63, 3.8) is 0 Å². The molecular weight excluding hydrogens is 326 g/mol. The summed E-state index contributed by atoms with van der Waals surface area (Å²) in [6.45, 7) is -0.125. The Bertz CT molecular complexity index is 864. The standard InChI is InChI=1S/C15H12ClNO4S/c1-21-13-7-6-11(16)8-10(13)9-17-15(18)12-4-2-3-5-14(12)22(17,19)20/h2-8H,9H2,1H3. The summed E-state index contributed by atoms with van der Waals surface area (Å²) < 4.78 is 31.1. The van der Waals surface area contributed by atoms with Crippen LogP contribution in [0.3, 0.4) is 0 Å². The summed E-state index contributed by atoms with van der Waals surface area (Å²) in [4.78, 5) is 12.4. The van der Waals surface area contributed by atoms with E-state index in [9.17, 15) is 13.2 Å². The van der Waals surface area contributed by atoms with Crippen molar-refractivity contribution in [3.8, 4) is 5.75 Å². The third kappa shape index (κ3) is 2.24. The van der Waals surface area contributed by atoms with Gasteiger partial charge < -0.3 is 4.74 Å². The summed E-state index contributed by atoms with van der Waals surface area (Å²) >= 11 is 5.95. The zero-order valence-corrected chi connectivity index (χ0v) is 13.2. The average Bonchev–Trinajstić information content (AvgIpc) is 2.69. The molecule has 7 heteroatoms. The molecule has 0 saturated carbocycles. The van der Waals surface area contributed by atoms with Gasteiger partial charge in [0, 0.05) is 10.6 Å². The number of halogens is 1. The number of amides is 1. The fourth-order valence-corrected chi connectivity index (χ4v) is 4.15. The fourth-order valence-electron chi connectivity index (χ4n) is 2.41. The van der Waals surface area contributed by atoms with Gasteiger partial charge in [0.25, 0.3) is 15.9 Å². The van der Waals surface area contributed by atoms with E-state index in [0.717, 1.165) is 4.31 Å². The molecule has 0 fully saturated rings. The Kier molecular flexibility index (Phi) is 3.58. The Labute approximate surface area is 133 Å². The summed E-state index contributed by atoms with van der Waals surface area (Å²) in [5.74, 6) is -0.0685. The van der Waals surface area contributed by atoms with Gasteiger partial charge in [0.05, 0.1) is 19.2 Å². The molecule has 0 aliphatic carbocycles. The summed E-state index contributed by atoms with van der Waals surface area (Å²) in [6.07, 6.45) is 0. The van der Waals surface area contributed by atoms with E-state index in [1.165, 1.54) is 19.2 Å². The Balaban J connectivity index is 2.05. The molecule has 0 N–H and O–H groups in total. The third-order valence-corrected chi connectivity index (χ3v) is 5.49. The predicted octanol–water partition coefficient (Wildman–Crippen LogP) is 2.69. The fraction of sp³-hybridized carbons (Fsp3) is 0.133. The van der Waals surface area contributed by atoms with Gasteiger partial charge in [-0.2, -0.15) is 0 Å². The molecule has 3 rings (SSSR count). The molecule has 2 aromatic carbocycles. The van der Waals surface area contributed by atoms with E-state index in [0.29, 0.717) is 16.3 Å². The first-order valence-corrected chi connectivity index (χ1v) is 8.25. The van der Waals surface area contributed by atoms with E-state index >= 15 is 0 Å². The van der Waals surface area contributed by atoms with Crippen molar-refractivity contribution in [2.45, 2.75) is 11.4 Å². The number of methoxy groups -OCH3 is 1. The van der Waals surface area contributed by atoms with Crippen LogP contribution in [0.5, 0.6) is 5.75 Å². The molecule has 0 atom stereocenters. The summed E-state index contributed by atoms with van der Waals surface area (Å²) in [5.41, 5.74) is 0.711. The lowest BCUT2D eigenvalue weighted by Crippen LogP contribution is -2.29. The Morgan fingerprint density at radius 2 is 1.91 bits per heavy atom. The van der Waals surface area contributed by atoms with Crippen molar-refractivity contribution in [3.05, 3.63) is 58.6 Å². The molecule has 2 aromatic rings. The molecule has 0 spiro atoms.